The Bertz CT molecular complexity index is 632. The Morgan fingerprint density at radius 2 is 2.16 bits per heavy atom. The van der Waals surface area contributed by atoms with Crippen molar-refractivity contribution < 1.29 is 9.53 Å². The van der Waals surface area contributed by atoms with E-state index in [0.717, 1.165) is 76.3 Å². The average Bonchev–Trinajstić information content (AvgIpc) is 3.50. The van der Waals surface area contributed by atoms with E-state index in [1.165, 1.54) is 5.56 Å². The molecule has 0 spiro atoms. The van der Waals surface area contributed by atoms with Crippen LogP contribution in [0, 0.1) is 5.92 Å². The minimum Gasteiger partial charge on any atom is -0.376 e. The maximum absolute atomic E-state index is 12.4. The predicted octanol–water partition coefficient (Wildman–Crippen LogP) is 2.17. The second-order valence-corrected chi connectivity index (χ2v) is 7.49. The van der Waals surface area contributed by atoms with Gasteiger partial charge in [0.2, 0.25) is 5.91 Å². The minimum atomic E-state index is 0.279. The number of carbonyl (C=O) groups excluding carboxylic acids is 1. The molecule has 1 saturated carbocycles. The van der Waals surface area contributed by atoms with Crippen LogP contribution < -0.4 is 4.90 Å². The van der Waals surface area contributed by atoms with Gasteiger partial charge in [0.25, 0.3) is 0 Å². The third kappa shape index (κ3) is 3.64. The van der Waals surface area contributed by atoms with Crippen LogP contribution in [0.5, 0.6) is 0 Å². The number of anilines is 1. The number of rotatable bonds is 5. The van der Waals surface area contributed by atoms with Gasteiger partial charge in [-0.15, -0.1) is 0 Å². The lowest BCUT2D eigenvalue weighted by Crippen LogP contribution is -2.42. The van der Waals surface area contributed by atoms with E-state index in [1.54, 1.807) is 6.33 Å². The first kappa shape index (κ1) is 16.8. The SMILES string of the molecule is CCCO[C@@H]1CCCN(c2ncnc3c2CCN(C(=O)C2CC2)C3)C1. The van der Waals surface area contributed by atoms with Gasteiger partial charge < -0.3 is 14.5 Å². The molecule has 1 amide bonds. The number of nitrogens with zero attached hydrogens (tertiary/aromatic N) is 4. The smallest absolute Gasteiger partial charge is 0.226 e. The van der Waals surface area contributed by atoms with Crippen LogP contribution in [-0.4, -0.2) is 53.1 Å². The van der Waals surface area contributed by atoms with Gasteiger partial charge in [-0.3, -0.25) is 4.79 Å². The average molecular weight is 344 g/mol. The van der Waals surface area contributed by atoms with Gasteiger partial charge in [0.05, 0.1) is 18.3 Å². The molecular formula is C19H28N4O2. The molecule has 0 N–H and O–H groups in total. The highest BCUT2D eigenvalue weighted by Crippen LogP contribution is 2.34. The van der Waals surface area contributed by atoms with E-state index in [-0.39, 0.29) is 5.92 Å². The van der Waals surface area contributed by atoms with Gasteiger partial charge in [0.15, 0.2) is 0 Å². The molecule has 0 radical (unpaired) electrons. The summed E-state index contributed by atoms with van der Waals surface area (Å²) in [5.41, 5.74) is 2.26. The number of fused-ring (bicyclic) bond motifs is 1. The van der Waals surface area contributed by atoms with Gasteiger partial charge in [0.1, 0.15) is 12.1 Å². The summed E-state index contributed by atoms with van der Waals surface area (Å²) in [6, 6.07) is 0. The van der Waals surface area contributed by atoms with Crippen LogP contribution in [-0.2, 0) is 22.5 Å². The molecular weight excluding hydrogens is 316 g/mol. The fourth-order valence-corrected chi connectivity index (χ4v) is 3.94. The Morgan fingerprint density at radius 3 is 2.96 bits per heavy atom. The summed E-state index contributed by atoms with van der Waals surface area (Å²) in [6.07, 6.45) is 8.28. The van der Waals surface area contributed by atoms with Crippen molar-refractivity contribution >= 4 is 11.7 Å². The molecule has 6 heteroatoms. The standard InChI is InChI=1S/C19H28N4O2/c1-2-10-25-15-4-3-8-22(11-15)18-16-7-9-23(19(24)14-5-6-14)12-17(16)20-13-21-18/h13-15H,2-12H2,1H3/t15-/m1/s1. The van der Waals surface area contributed by atoms with Crippen LogP contribution in [0.4, 0.5) is 5.82 Å². The fraction of sp³-hybridized carbons (Fsp3) is 0.737. The van der Waals surface area contributed by atoms with Crippen molar-refractivity contribution in [1.29, 1.82) is 0 Å². The summed E-state index contributed by atoms with van der Waals surface area (Å²) in [5, 5.41) is 0. The largest absolute Gasteiger partial charge is 0.376 e. The lowest BCUT2D eigenvalue weighted by atomic mass is 10.0. The number of amides is 1. The fourth-order valence-electron chi connectivity index (χ4n) is 3.94. The first-order valence-corrected chi connectivity index (χ1v) is 9.74. The Morgan fingerprint density at radius 1 is 1.28 bits per heavy atom. The Labute approximate surface area is 149 Å². The minimum absolute atomic E-state index is 0.279. The van der Waals surface area contributed by atoms with E-state index >= 15 is 0 Å². The second kappa shape index (κ2) is 7.28. The third-order valence-corrected chi connectivity index (χ3v) is 5.46. The zero-order chi connectivity index (χ0) is 17.2. The molecule has 4 rings (SSSR count). The van der Waals surface area contributed by atoms with E-state index in [0.29, 0.717) is 18.6 Å². The summed E-state index contributed by atoms with van der Waals surface area (Å²) in [7, 11) is 0. The van der Waals surface area contributed by atoms with Crippen LogP contribution in [0.25, 0.3) is 0 Å². The number of hydrogen-bond acceptors (Lipinski definition) is 5. The van der Waals surface area contributed by atoms with Crippen molar-refractivity contribution in [1.82, 2.24) is 14.9 Å². The lowest BCUT2D eigenvalue weighted by molar-refractivity contribution is -0.133. The van der Waals surface area contributed by atoms with Crippen LogP contribution in [0.15, 0.2) is 6.33 Å². The highest BCUT2D eigenvalue weighted by Gasteiger charge is 2.36. The highest BCUT2D eigenvalue weighted by molar-refractivity contribution is 5.81. The summed E-state index contributed by atoms with van der Waals surface area (Å²) < 4.78 is 5.97. The molecule has 1 aliphatic carbocycles. The molecule has 2 fully saturated rings. The van der Waals surface area contributed by atoms with Crippen molar-refractivity contribution in [2.75, 3.05) is 31.1 Å². The quantitative estimate of drug-likeness (QED) is 0.819. The molecule has 1 atom stereocenters. The van der Waals surface area contributed by atoms with Crippen molar-refractivity contribution in [3.8, 4) is 0 Å². The lowest BCUT2D eigenvalue weighted by Gasteiger charge is -2.36. The van der Waals surface area contributed by atoms with Gasteiger partial charge in [0, 0.05) is 37.7 Å². The van der Waals surface area contributed by atoms with Gasteiger partial charge >= 0.3 is 0 Å². The summed E-state index contributed by atoms with van der Waals surface area (Å²) in [5.74, 6) is 1.66. The highest BCUT2D eigenvalue weighted by atomic mass is 16.5. The molecule has 0 bridgehead atoms. The van der Waals surface area contributed by atoms with E-state index in [1.807, 2.05) is 4.90 Å². The topological polar surface area (TPSA) is 58.6 Å². The van der Waals surface area contributed by atoms with Crippen LogP contribution >= 0.6 is 0 Å². The zero-order valence-electron chi connectivity index (χ0n) is 15.1. The van der Waals surface area contributed by atoms with Gasteiger partial charge in [-0.1, -0.05) is 6.92 Å². The monoisotopic (exact) mass is 344 g/mol. The Balaban J connectivity index is 1.48. The first-order chi connectivity index (χ1) is 12.3. The van der Waals surface area contributed by atoms with E-state index in [2.05, 4.69) is 21.8 Å². The molecule has 3 heterocycles. The summed E-state index contributed by atoms with van der Waals surface area (Å²) in [6.45, 7) is 6.36. The van der Waals surface area contributed by atoms with E-state index in [4.69, 9.17) is 4.74 Å². The predicted molar refractivity (Wildman–Crippen MR) is 95.4 cm³/mol. The number of ether oxygens (including phenoxy) is 1. The molecule has 0 unspecified atom stereocenters. The molecule has 6 nitrogen and oxygen atoms in total. The Hall–Kier alpha value is -1.69. The zero-order valence-corrected chi connectivity index (χ0v) is 15.1. The normalized spacial score (nSPS) is 23.5. The number of carbonyl (C=O) groups is 1. The molecule has 25 heavy (non-hydrogen) atoms. The molecule has 3 aliphatic rings. The molecule has 1 aromatic rings. The number of hydrogen-bond donors (Lipinski definition) is 0. The van der Waals surface area contributed by atoms with Crippen LogP contribution in [0.1, 0.15) is 50.3 Å². The number of aromatic nitrogens is 2. The van der Waals surface area contributed by atoms with Gasteiger partial charge in [-0.2, -0.15) is 0 Å². The Kier molecular flexibility index (Phi) is 4.88. The number of piperidine rings is 1. The molecule has 1 saturated heterocycles. The van der Waals surface area contributed by atoms with Crippen LogP contribution in [0.2, 0.25) is 0 Å². The second-order valence-electron chi connectivity index (χ2n) is 7.49. The van der Waals surface area contributed by atoms with Crippen molar-refractivity contribution in [2.45, 2.75) is 58.1 Å². The third-order valence-electron chi connectivity index (χ3n) is 5.46. The first-order valence-electron chi connectivity index (χ1n) is 9.74. The van der Waals surface area contributed by atoms with Crippen molar-refractivity contribution in [3.05, 3.63) is 17.6 Å². The van der Waals surface area contributed by atoms with Crippen molar-refractivity contribution in [3.63, 3.8) is 0 Å². The summed E-state index contributed by atoms with van der Waals surface area (Å²) in [4.78, 5) is 25.8. The molecule has 0 aromatic carbocycles. The van der Waals surface area contributed by atoms with Crippen molar-refractivity contribution in [2.24, 2.45) is 5.92 Å². The maximum atomic E-state index is 12.4. The molecule has 1 aromatic heterocycles. The van der Waals surface area contributed by atoms with E-state index in [9.17, 15) is 4.79 Å². The molecule has 2 aliphatic heterocycles. The van der Waals surface area contributed by atoms with Crippen LogP contribution in [0.3, 0.4) is 0 Å². The van der Waals surface area contributed by atoms with Gasteiger partial charge in [-0.25, -0.2) is 9.97 Å². The van der Waals surface area contributed by atoms with Gasteiger partial charge in [-0.05, 0) is 38.5 Å². The summed E-state index contributed by atoms with van der Waals surface area (Å²) >= 11 is 0. The molecule has 136 valence electrons. The van der Waals surface area contributed by atoms with E-state index < -0.39 is 0 Å². The maximum Gasteiger partial charge on any atom is 0.226 e.